The molecular formula is C24H29N3O5S. The number of hydrogen-bond donors (Lipinski definition) is 1. The summed E-state index contributed by atoms with van der Waals surface area (Å²) in [5, 5.41) is 5.66. The van der Waals surface area contributed by atoms with Crippen molar-refractivity contribution in [2.45, 2.75) is 44.8 Å². The highest BCUT2D eigenvalue weighted by atomic mass is 32.2. The SMILES string of the molecule is CCC1=C(C(=O)OC)[C@H](c2cccc(OC)c2)N2C(CC(=O)NC[C@H]3CCCO3)=CSC2=N1. The zero-order valence-electron chi connectivity index (χ0n) is 19.1. The van der Waals surface area contributed by atoms with Gasteiger partial charge in [0, 0.05) is 18.8 Å². The Kier molecular flexibility index (Phi) is 7.39. The number of benzene rings is 1. The van der Waals surface area contributed by atoms with E-state index < -0.39 is 12.0 Å². The fourth-order valence-electron chi connectivity index (χ4n) is 4.30. The summed E-state index contributed by atoms with van der Waals surface area (Å²) in [4.78, 5) is 32.4. The summed E-state index contributed by atoms with van der Waals surface area (Å²) in [6, 6.07) is 7.13. The Balaban J connectivity index is 1.64. The molecule has 0 spiro atoms. The molecule has 1 fully saturated rings. The van der Waals surface area contributed by atoms with Gasteiger partial charge in [-0.2, -0.15) is 0 Å². The van der Waals surface area contributed by atoms with Gasteiger partial charge in [0.15, 0.2) is 5.17 Å². The maximum atomic E-state index is 12.9. The molecule has 2 atom stereocenters. The second-order valence-corrected chi connectivity index (χ2v) is 8.83. The van der Waals surface area contributed by atoms with Crippen LogP contribution in [0.1, 0.15) is 44.2 Å². The smallest absolute Gasteiger partial charge is 0.338 e. The van der Waals surface area contributed by atoms with Crippen LogP contribution in [0.4, 0.5) is 0 Å². The average Bonchev–Trinajstić information content (AvgIpc) is 3.51. The summed E-state index contributed by atoms with van der Waals surface area (Å²) < 4.78 is 16.2. The molecule has 4 rings (SSSR count). The van der Waals surface area contributed by atoms with E-state index in [1.165, 1.54) is 18.9 Å². The largest absolute Gasteiger partial charge is 0.497 e. The summed E-state index contributed by atoms with van der Waals surface area (Å²) >= 11 is 1.46. The first-order chi connectivity index (χ1) is 16.0. The van der Waals surface area contributed by atoms with Gasteiger partial charge in [-0.1, -0.05) is 30.8 Å². The van der Waals surface area contributed by atoms with Gasteiger partial charge >= 0.3 is 5.97 Å². The molecule has 8 nitrogen and oxygen atoms in total. The number of allylic oxidation sites excluding steroid dienone is 1. The van der Waals surface area contributed by atoms with Crippen molar-refractivity contribution < 1.29 is 23.8 Å². The molecule has 0 aromatic heterocycles. The van der Waals surface area contributed by atoms with Gasteiger partial charge in [0.05, 0.1) is 44.1 Å². The van der Waals surface area contributed by atoms with Crippen molar-refractivity contribution >= 4 is 28.8 Å². The number of aliphatic imine (C=N–C) groups is 1. The van der Waals surface area contributed by atoms with Crippen LogP contribution in [0.3, 0.4) is 0 Å². The van der Waals surface area contributed by atoms with Crippen LogP contribution in [0.5, 0.6) is 5.75 Å². The topological polar surface area (TPSA) is 89.5 Å². The lowest BCUT2D eigenvalue weighted by molar-refractivity contribution is -0.136. The number of amidine groups is 1. The molecule has 1 saturated heterocycles. The van der Waals surface area contributed by atoms with Gasteiger partial charge in [0.25, 0.3) is 0 Å². The highest BCUT2D eigenvalue weighted by Gasteiger charge is 2.41. The van der Waals surface area contributed by atoms with Crippen molar-refractivity contribution in [2.75, 3.05) is 27.4 Å². The Labute approximate surface area is 198 Å². The standard InChI is InChI=1S/C24H29N3O5S/c1-4-19-21(23(29)31-3)22(15-7-5-8-17(11-15)30-2)27-16(14-33-24(27)26-19)12-20(28)25-13-18-9-6-10-32-18/h5,7-8,11,14,18,22H,4,6,9-10,12-13H2,1-3H3,(H,25,28)/t18-,22+/m1/s1. The van der Waals surface area contributed by atoms with Gasteiger partial charge in [-0.15, -0.1) is 0 Å². The molecule has 1 aromatic rings. The predicted molar refractivity (Wildman–Crippen MR) is 127 cm³/mol. The monoisotopic (exact) mass is 471 g/mol. The molecule has 1 aromatic carbocycles. The van der Waals surface area contributed by atoms with E-state index in [9.17, 15) is 9.59 Å². The Bertz CT molecular complexity index is 1010. The molecule has 3 aliphatic heterocycles. The van der Waals surface area contributed by atoms with Gasteiger partial charge < -0.3 is 24.4 Å². The number of methoxy groups -OCH3 is 2. The number of nitrogens with one attached hydrogen (secondary N) is 1. The number of fused-ring (bicyclic) bond motifs is 1. The fourth-order valence-corrected chi connectivity index (χ4v) is 5.24. The number of nitrogens with zero attached hydrogens (tertiary/aromatic N) is 2. The summed E-state index contributed by atoms with van der Waals surface area (Å²) in [5.41, 5.74) is 2.81. The van der Waals surface area contributed by atoms with Crippen molar-refractivity contribution in [3.8, 4) is 5.75 Å². The molecule has 176 valence electrons. The number of rotatable bonds is 8. The number of carbonyl (C=O) groups excluding carboxylic acids is 2. The molecular weight excluding hydrogens is 442 g/mol. The molecule has 1 N–H and O–H groups in total. The lowest BCUT2D eigenvalue weighted by Crippen LogP contribution is -2.39. The summed E-state index contributed by atoms with van der Waals surface area (Å²) in [6.45, 7) is 3.22. The van der Waals surface area contributed by atoms with Crippen molar-refractivity contribution in [3.63, 3.8) is 0 Å². The molecule has 0 saturated carbocycles. The van der Waals surface area contributed by atoms with Gasteiger partial charge in [0.2, 0.25) is 5.91 Å². The fraction of sp³-hybridized carbons (Fsp3) is 0.458. The van der Waals surface area contributed by atoms with Crippen molar-refractivity contribution in [1.29, 1.82) is 0 Å². The minimum Gasteiger partial charge on any atom is -0.497 e. The summed E-state index contributed by atoms with van der Waals surface area (Å²) in [7, 11) is 2.98. The highest BCUT2D eigenvalue weighted by molar-refractivity contribution is 8.16. The van der Waals surface area contributed by atoms with Crippen LogP contribution in [0.2, 0.25) is 0 Å². The van der Waals surface area contributed by atoms with Crippen LogP contribution in [0, 0.1) is 0 Å². The molecule has 33 heavy (non-hydrogen) atoms. The maximum absolute atomic E-state index is 12.9. The lowest BCUT2D eigenvalue weighted by Gasteiger charge is -2.36. The van der Waals surface area contributed by atoms with E-state index in [-0.39, 0.29) is 18.4 Å². The van der Waals surface area contributed by atoms with Gasteiger partial charge in [-0.05, 0) is 42.4 Å². The quantitative estimate of drug-likeness (QED) is 0.580. The zero-order chi connectivity index (χ0) is 23.4. The second kappa shape index (κ2) is 10.4. The third-order valence-corrected chi connectivity index (χ3v) is 6.82. The van der Waals surface area contributed by atoms with Crippen molar-refractivity contribution in [2.24, 2.45) is 4.99 Å². The van der Waals surface area contributed by atoms with Crippen LogP contribution >= 0.6 is 11.8 Å². The van der Waals surface area contributed by atoms with Crippen LogP contribution in [-0.2, 0) is 19.1 Å². The Morgan fingerprint density at radius 2 is 2.18 bits per heavy atom. The van der Waals surface area contributed by atoms with Crippen LogP contribution in [0.15, 0.2) is 51.6 Å². The number of amides is 1. The van der Waals surface area contributed by atoms with Gasteiger partial charge in [-0.3, -0.25) is 4.79 Å². The normalized spacial score (nSPS) is 22.0. The third-order valence-electron chi connectivity index (χ3n) is 5.93. The Morgan fingerprint density at radius 3 is 2.88 bits per heavy atom. The number of esters is 1. The molecule has 3 aliphatic rings. The highest BCUT2D eigenvalue weighted by Crippen LogP contribution is 2.45. The van der Waals surface area contributed by atoms with E-state index in [0.717, 1.165) is 35.9 Å². The Hall–Kier alpha value is -2.78. The van der Waals surface area contributed by atoms with E-state index >= 15 is 0 Å². The number of thioether (sulfide) groups is 1. The molecule has 0 aliphatic carbocycles. The minimum atomic E-state index is -0.470. The lowest BCUT2D eigenvalue weighted by atomic mass is 9.92. The molecule has 0 radical (unpaired) electrons. The van der Waals surface area contributed by atoms with Crippen molar-refractivity contribution in [3.05, 3.63) is 52.2 Å². The van der Waals surface area contributed by atoms with E-state index in [1.807, 2.05) is 41.5 Å². The zero-order valence-corrected chi connectivity index (χ0v) is 19.9. The molecule has 0 bridgehead atoms. The average molecular weight is 472 g/mol. The van der Waals surface area contributed by atoms with Crippen LogP contribution in [-0.4, -0.2) is 55.4 Å². The van der Waals surface area contributed by atoms with E-state index in [1.54, 1.807) is 7.11 Å². The Morgan fingerprint density at radius 1 is 1.33 bits per heavy atom. The van der Waals surface area contributed by atoms with Crippen molar-refractivity contribution in [1.82, 2.24) is 10.2 Å². The molecule has 3 heterocycles. The second-order valence-electron chi connectivity index (χ2n) is 7.99. The number of hydrogen-bond acceptors (Lipinski definition) is 8. The summed E-state index contributed by atoms with van der Waals surface area (Å²) in [6.07, 6.45) is 2.83. The first kappa shape index (κ1) is 23.4. The number of carbonyl (C=O) groups is 2. The van der Waals surface area contributed by atoms with E-state index in [0.29, 0.717) is 30.0 Å². The van der Waals surface area contributed by atoms with E-state index in [2.05, 4.69) is 5.32 Å². The van der Waals surface area contributed by atoms with Gasteiger partial charge in [0.1, 0.15) is 5.75 Å². The van der Waals surface area contributed by atoms with Crippen LogP contribution < -0.4 is 10.1 Å². The molecule has 1 amide bonds. The number of ether oxygens (including phenoxy) is 3. The third kappa shape index (κ3) is 4.94. The molecule has 0 unspecified atom stereocenters. The predicted octanol–water partition coefficient (Wildman–Crippen LogP) is 3.52. The minimum absolute atomic E-state index is 0.0819. The summed E-state index contributed by atoms with van der Waals surface area (Å²) in [5.74, 6) is 0.167. The van der Waals surface area contributed by atoms with Gasteiger partial charge in [-0.25, -0.2) is 9.79 Å². The first-order valence-corrected chi connectivity index (χ1v) is 12.0. The van der Waals surface area contributed by atoms with E-state index in [4.69, 9.17) is 19.2 Å². The molecule has 9 heteroatoms. The van der Waals surface area contributed by atoms with Crippen LogP contribution in [0.25, 0.3) is 0 Å². The maximum Gasteiger partial charge on any atom is 0.338 e. The first-order valence-electron chi connectivity index (χ1n) is 11.1.